The van der Waals surface area contributed by atoms with Gasteiger partial charge in [0.05, 0.1) is 25.4 Å². The van der Waals surface area contributed by atoms with E-state index in [0.717, 1.165) is 13.0 Å². The second kappa shape index (κ2) is 6.33. The molecule has 2 rings (SSSR count). The lowest BCUT2D eigenvalue weighted by molar-refractivity contribution is -0.127. The molecule has 1 amide bonds. The standard InChI is InChI=1S/C12H21NO4/c1-15-6-7-16-8-11(14)13-10-4-5-17-12(10)9-2-3-9/h9-10,12H,2-8H2,1H3,(H,13,14). The minimum Gasteiger partial charge on any atom is -0.382 e. The number of ether oxygens (including phenoxy) is 3. The van der Waals surface area contributed by atoms with Crippen LogP contribution >= 0.6 is 0 Å². The fraction of sp³-hybridized carbons (Fsp3) is 0.917. The number of amides is 1. The Morgan fingerprint density at radius 3 is 2.88 bits per heavy atom. The molecular weight excluding hydrogens is 222 g/mol. The Balaban J connectivity index is 1.63. The van der Waals surface area contributed by atoms with Gasteiger partial charge in [-0.15, -0.1) is 0 Å². The molecule has 2 aliphatic rings. The zero-order valence-corrected chi connectivity index (χ0v) is 10.3. The van der Waals surface area contributed by atoms with Crippen molar-refractivity contribution < 1.29 is 19.0 Å². The molecule has 1 aliphatic carbocycles. The highest BCUT2D eigenvalue weighted by atomic mass is 16.5. The van der Waals surface area contributed by atoms with Crippen LogP contribution in [0.5, 0.6) is 0 Å². The molecule has 0 aromatic heterocycles. The Kier molecular flexibility index (Phi) is 4.76. The van der Waals surface area contributed by atoms with E-state index in [0.29, 0.717) is 19.1 Å². The van der Waals surface area contributed by atoms with Gasteiger partial charge >= 0.3 is 0 Å². The van der Waals surface area contributed by atoms with Gasteiger partial charge in [0.2, 0.25) is 5.91 Å². The van der Waals surface area contributed by atoms with E-state index >= 15 is 0 Å². The van der Waals surface area contributed by atoms with Crippen LogP contribution in [-0.2, 0) is 19.0 Å². The zero-order valence-electron chi connectivity index (χ0n) is 10.3. The summed E-state index contributed by atoms with van der Waals surface area (Å²) in [6.45, 7) is 1.84. The van der Waals surface area contributed by atoms with Gasteiger partial charge in [-0.3, -0.25) is 4.79 Å². The molecule has 1 saturated carbocycles. The van der Waals surface area contributed by atoms with Gasteiger partial charge in [0.1, 0.15) is 6.61 Å². The highest BCUT2D eigenvalue weighted by Crippen LogP contribution is 2.38. The maximum atomic E-state index is 11.6. The van der Waals surface area contributed by atoms with E-state index in [1.165, 1.54) is 12.8 Å². The Morgan fingerprint density at radius 1 is 1.35 bits per heavy atom. The number of nitrogens with one attached hydrogen (secondary N) is 1. The Hall–Kier alpha value is -0.650. The maximum absolute atomic E-state index is 11.6. The average Bonchev–Trinajstić information content (AvgIpc) is 3.06. The summed E-state index contributed by atoms with van der Waals surface area (Å²) in [5, 5.41) is 3.00. The van der Waals surface area contributed by atoms with Gasteiger partial charge in [-0.05, 0) is 25.2 Å². The molecule has 5 nitrogen and oxygen atoms in total. The van der Waals surface area contributed by atoms with Crippen LogP contribution in [-0.4, -0.2) is 51.6 Å². The fourth-order valence-corrected chi connectivity index (χ4v) is 2.21. The first kappa shape index (κ1) is 12.8. The summed E-state index contributed by atoms with van der Waals surface area (Å²) in [4.78, 5) is 11.6. The molecule has 0 spiro atoms. The quantitative estimate of drug-likeness (QED) is 0.655. The summed E-state index contributed by atoms with van der Waals surface area (Å²) in [5.74, 6) is 0.611. The predicted octanol–water partition coefficient (Wildman–Crippen LogP) is 0.333. The molecule has 1 heterocycles. The van der Waals surface area contributed by atoms with Crippen molar-refractivity contribution in [3.8, 4) is 0 Å². The van der Waals surface area contributed by atoms with Crippen molar-refractivity contribution in [1.29, 1.82) is 0 Å². The molecule has 98 valence electrons. The third kappa shape index (κ3) is 3.94. The SMILES string of the molecule is COCCOCC(=O)NC1CCOC1C1CC1. The molecule has 17 heavy (non-hydrogen) atoms. The number of rotatable bonds is 7. The summed E-state index contributed by atoms with van der Waals surface area (Å²) < 4.78 is 15.7. The van der Waals surface area contributed by atoms with Gasteiger partial charge in [-0.25, -0.2) is 0 Å². The lowest BCUT2D eigenvalue weighted by atomic mass is 10.1. The number of carbonyl (C=O) groups excluding carboxylic acids is 1. The summed E-state index contributed by atoms with van der Waals surface area (Å²) in [5.41, 5.74) is 0. The molecule has 2 atom stereocenters. The van der Waals surface area contributed by atoms with Crippen LogP contribution in [0.1, 0.15) is 19.3 Å². The minimum atomic E-state index is -0.0535. The monoisotopic (exact) mass is 243 g/mol. The summed E-state index contributed by atoms with van der Waals surface area (Å²) in [6, 6.07) is 0.182. The number of carbonyl (C=O) groups is 1. The van der Waals surface area contributed by atoms with E-state index < -0.39 is 0 Å². The van der Waals surface area contributed by atoms with Gasteiger partial charge in [0.25, 0.3) is 0 Å². The summed E-state index contributed by atoms with van der Waals surface area (Å²) >= 11 is 0. The summed E-state index contributed by atoms with van der Waals surface area (Å²) in [6.07, 6.45) is 3.63. The van der Waals surface area contributed by atoms with Gasteiger partial charge in [-0.1, -0.05) is 0 Å². The third-order valence-corrected chi connectivity index (χ3v) is 3.23. The molecule has 2 unspecified atom stereocenters. The largest absolute Gasteiger partial charge is 0.382 e. The Labute approximate surface area is 102 Å². The topological polar surface area (TPSA) is 56.8 Å². The van der Waals surface area contributed by atoms with Crippen molar-refractivity contribution >= 4 is 5.91 Å². The van der Waals surface area contributed by atoms with Gasteiger partial charge in [0, 0.05) is 13.7 Å². The van der Waals surface area contributed by atoms with E-state index in [1.54, 1.807) is 7.11 Å². The normalized spacial score (nSPS) is 28.3. The second-order valence-corrected chi connectivity index (χ2v) is 4.68. The first-order valence-electron chi connectivity index (χ1n) is 6.29. The molecule has 2 fully saturated rings. The van der Waals surface area contributed by atoms with Crippen LogP contribution in [0.15, 0.2) is 0 Å². The van der Waals surface area contributed by atoms with Crippen molar-refractivity contribution in [2.75, 3.05) is 33.5 Å². The molecule has 1 N–H and O–H groups in total. The summed E-state index contributed by atoms with van der Waals surface area (Å²) in [7, 11) is 1.61. The first-order valence-corrected chi connectivity index (χ1v) is 6.29. The molecule has 0 bridgehead atoms. The van der Waals surface area contributed by atoms with E-state index in [-0.39, 0.29) is 24.7 Å². The Bertz CT molecular complexity index is 255. The smallest absolute Gasteiger partial charge is 0.246 e. The molecule has 0 aromatic rings. The van der Waals surface area contributed by atoms with Gasteiger partial charge in [-0.2, -0.15) is 0 Å². The van der Waals surface area contributed by atoms with Crippen LogP contribution < -0.4 is 5.32 Å². The van der Waals surface area contributed by atoms with Crippen LogP contribution in [0.4, 0.5) is 0 Å². The number of hydrogen-bond acceptors (Lipinski definition) is 4. The van der Waals surface area contributed by atoms with Crippen LogP contribution in [0.2, 0.25) is 0 Å². The first-order chi connectivity index (χ1) is 8.31. The molecule has 0 aromatic carbocycles. The number of hydrogen-bond donors (Lipinski definition) is 1. The van der Waals surface area contributed by atoms with Crippen molar-refractivity contribution in [3.63, 3.8) is 0 Å². The van der Waals surface area contributed by atoms with Crippen LogP contribution in [0.25, 0.3) is 0 Å². The average molecular weight is 243 g/mol. The minimum absolute atomic E-state index is 0.0535. The molecule has 0 radical (unpaired) electrons. The molecule has 1 aliphatic heterocycles. The van der Waals surface area contributed by atoms with Crippen LogP contribution in [0.3, 0.4) is 0 Å². The molecular formula is C12H21NO4. The Morgan fingerprint density at radius 2 is 2.18 bits per heavy atom. The van der Waals surface area contributed by atoms with Gasteiger partial charge in [0.15, 0.2) is 0 Å². The van der Waals surface area contributed by atoms with E-state index in [2.05, 4.69) is 5.32 Å². The highest BCUT2D eigenvalue weighted by Gasteiger charge is 2.41. The van der Waals surface area contributed by atoms with E-state index in [9.17, 15) is 4.79 Å². The van der Waals surface area contributed by atoms with Crippen LogP contribution in [0, 0.1) is 5.92 Å². The van der Waals surface area contributed by atoms with Crippen molar-refractivity contribution in [2.24, 2.45) is 5.92 Å². The van der Waals surface area contributed by atoms with E-state index in [4.69, 9.17) is 14.2 Å². The maximum Gasteiger partial charge on any atom is 0.246 e. The van der Waals surface area contributed by atoms with Gasteiger partial charge < -0.3 is 19.5 Å². The van der Waals surface area contributed by atoms with E-state index in [1.807, 2.05) is 0 Å². The predicted molar refractivity (Wildman–Crippen MR) is 61.7 cm³/mol. The van der Waals surface area contributed by atoms with Crippen molar-refractivity contribution in [3.05, 3.63) is 0 Å². The number of methoxy groups -OCH3 is 1. The zero-order chi connectivity index (χ0) is 12.1. The molecule has 1 saturated heterocycles. The van der Waals surface area contributed by atoms with Crippen molar-refractivity contribution in [2.45, 2.75) is 31.4 Å². The lowest BCUT2D eigenvalue weighted by Crippen LogP contribution is -2.43. The second-order valence-electron chi connectivity index (χ2n) is 4.68. The highest BCUT2D eigenvalue weighted by molar-refractivity contribution is 5.77. The van der Waals surface area contributed by atoms with Crippen molar-refractivity contribution in [1.82, 2.24) is 5.32 Å². The third-order valence-electron chi connectivity index (χ3n) is 3.23. The molecule has 5 heteroatoms. The fourth-order valence-electron chi connectivity index (χ4n) is 2.21. The lowest BCUT2D eigenvalue weighted by Gasteiger charge is -2.19.